The summed E-state index contributed by atoms with van der Waals surface area (Å²) in [6, 6.07) is 0. The zero-order valence-corrected chi connectivity index (χ0v) is 11.6. The molecule has 84 valence electrons. The number of ether oxygens (including phenoxy) is 1. The number of alkyl halides is 1. The molecule has 0 saturated heterocycles. The minimum atomic E-state index is -0.394. The quantitative estimate of drug-likeness (QED) is 0.590. The molecule has 4 heteroatoms. The lowest BCUT2D eigenvalue weighted by Gasteiger charge is -2.26. The van der Waals surface area contributed by atoms with Crippen LogP contribution in [0.2, 0.25) is 0 Å². The molecule has 0 atom stereocenters. The van der Waals surface area contributed by atoms with Crippen LogP contribution in [0.25, 0.3) is 0 Å². The fourth-order valence-corrected chi connectivity index (χ4v) is 1.30. The van der Waals surface area contributed by atoms with E-state index in [0.717, 1.165) is 17.4 Å². The molecule has 1 amide bonds. The van der Waals surface area contributed by atoms with Gasteiger partial charge in [-0.2, -0.15) is 0 Å². The fourth-order valence-electron chi connectivity index (χ4n) is 0.956. The highest BCUT2D eigenvalue weighted by Gasteiger charge is 2.20. The molecule has 0 spiro atoms. The van der Waals surface area contributed by atoms with Crippen LogP contribution in [-0.4, -0.2) is 34.1 Å². The summed E-state index contributed by atoms with van der Waals surface area (Å²) in [6.45, 7) is 9.13. The van der Waals surface area contributed by atoms with Gasteiger partial charge in [-0.1, -0.05) is 22.6 Å². The van der Waals surface area contributed by atoms with Crippen molar-refractivity contribution in [3.8, 4) is 0 Å². The average molecular weight is 313 g/mol. The number of hydrogen-bond acceptors (Lipinski definition) is 2. The van der Waals surface area contributed by atoms with Crippen molar-refractivity contribution in [1.29, 1.82) is 0 Å². The molecule has 0 aliphatic carbocycles. The van der Waals surface area contributed by atoms with E-state index in [0.29, 0.717) is 6.54 Å². The Hall–Kier alpha value is 0. The summed E-state index contributed by atoms with van der Waals surface area (Å²) in [5.41, 5.74) is -0.394. The standard InChI is InChI=1S/C10H20INO2/c1-5-12(8-6-7-11)9(13)14-10(2,3)4/h5-8H2,1-4H3. The van der Waals surface area contributed by atoms with Crippen LogP contribution < -0.4 is 0 Å². The zero-order valence-electron chi connectivity index (χ0n) is 9.47. The normalized spacial score (nSPS) is 11.2. The molecule has 0 saturated carbocycles. The molecule has 0 fully saturated rings. The monoisotopic (exact) mass is 313 g/mol. The molecule has 0 heterocycles. The largest absolute Gasteiger partial charge is 0.444 e. The van der Waals surface area contributed by atoms with Crippen molar-refractivity contribution < 1.29 is 9.53 Å². The summed E-state index contributed by atoms with van der Waals surface area (Å²) < 4.78 is 6.34. The van der Waals surface area contributed by atoms with E-state index in [1.807, 2.05) is 27.7 Å². The van der Waals surface area contributed by atoms with Gasteiger partial charge < -0.3 is 9.64 Å². The maximum absolute atomic E-state index is 11.6. The van der Waals surface area contributed by atoms with Gasteiger partial charge in [-0.3, -0.25) is 0 Å². The number of rotatable bonds is 4. The molecule has 0 radical (unpaired) electrons. The Balaban J connectivity index is 4.04. The lowest BCUT2D eigenvalue weighted by Crippen LogP contribution is -2.37. The zero-order chi connectivity index (χ0) is 11.2. The van der Waals surface area contributed by atoms with Gasteiger partial charge in [0.25, 0.3) is 0 Å². The first-order valence-corrected chi connectivity index (χ1v) is 6.47. The van der Waals surface area contributed by atoms with Crippen molar-refractivity contribution in [3.63, 3.8) is 0 Å². The molecule has 0 bridgehead atoms. The Kier molecular flexibility index (Phi) is 6.48. The van der Waals surface area contributed by atoms with E-state index < -0.39 is 5.60 Å². The van der Waals surface area contributed by atoms with Gasteiger partial charge in [0.1, 0.15) is 5.60 Å². The number of hydrogen-bond donors (Lipinski definition) is 0. The highest BCUT2D eigenvalue weighted by molar-refractivity contribution is 14.1. The van der Waals surface area contributed by atoms with Crippen molar-refractivity contribution in [1.82, 2.24) is 4.90 Å². The second-order valence-corrected chi connectivity index (χ2v) is 5.18. The summed E-state index contributed by atoms with van der Waals surface area (Å²) in [5, 5.41) is 0. The van der Waals surface area contributed by atoms with Crippen LogP contribution in [-0.2, 0) is 4.74 Å². The summed E-state index contributed by atoms with van der Waals surface area (Å²) in [6.07, 6.45) is 0.818. The summed E-state index contributed by atoms with van der Waals surface area (Å²) in [7, 11) is 0. The van der Waals surface area contributed by atoms with Crippen molar-refractivity contribution in [2.24, 2.45) is 0 Å². The molecule has 0 N–H and O–H groups in total. The average Bonchev–Trinajstić information content (AvgIpc) is 2.02. The van der Waals surface area contributed by atoms with Crippen LogP contribution >= 0.6 is 22.6 Å². The Morgan fingerprint density at radius 3 is 2.36 bits per heavy atom. The molecule has 3 nitrogen and oxygen atoms in total. The van der Waals surface area contributed by atoms with Crippen LogP contribution in [0.4, 0.5) is 4.79 Å². The van der Waals surface area contributed by atoms with Crippen molar-refractivity contribution in [2.75, 3.05) is 17.5 Å². The molecule has 0 aliphatic rings. The van der Waals surface area contributed by atoms with Gasteiger partial charge in [-0.15, -0.1) is 0 Å². The SMILES string of the molecule is CCN(CCCI)C(=O)OC(C)(C)C. The van der Waals surface area contributed by atoms with E-state index in [9.17, 15) is 4.79 Å². The van der Waals surface area contributed by atoms with Gasteiger partial charge in [0.15, 0.2) is 0 Å². The van der Waals surface area contributed by atoms with Crippen LogP contribution in [0, 0.1) is 0 Å². The smallest absolute Gasteiger partial charge is 0.410 e. The molecule has 0 unspecified atom stereocenters. The first kappa shape index (κ1) is 14.0. The molecular weight excluding hydrogens is 293 g/mol. The first-order valence-electron chi connectivity index (χ1n) is 4.94. The van der Waals surface area contributed by atoms with Crippen molar-refractivity contribution >= 4 is 28.7 Å². The predicted molar refractivity (Wildman–Crippen MR) is 67.0 cm³/mol. The highest BCUT2D eigenvalue weighted by atomic mass is 127. The Bertz CT molecular complexity index is 177. The predicted octanol–water partition coefficient (Wildman–Crippen LogP) is 3.07. The molecule has 0 aromatic rings. The van der Waals surface area contributed by atoms with Crippen LogP contribution in [0.5, 0.6) is 0 Å². The van der Waals surface area contributed by atoms with Crippen molar-refractivity contribution in [3.05, 3.63) is 0 Å². The molecule has 0 aromatic carbocycles. The fraction of sp³-hybridized carbons (Fsp3) is 0.900. The van der Waals surface area contributed by atoms with E-state index >= 15 is 0 Å². The molecule has 0 aliphatic heterocycles. The minimum Gasteiger partial charge on any atom is -0.444 e. The molecule has 0 rings (SSSR count). The van der Waals surface area contributed by atoms with Gasteiger partial charge in [0.05, 0.1) is 0 Å². The number of nitrogens with zero attached hydrogens (tertiary/aromatic N) is 1. The molecule has 14 heavy (non-hydrogen) atoms. The summed E-state index contributed by atoms with van der Waals surface area (Å²) in [5.74, 6) is 0. The second-order valence-electron chi connectivity index (χ2n) is 4.10. The van der Waals surface area contributed by atoms with Crippen LogP contribution in [0.15, 0.2) is 0 Å². The number of carbonyl (C=O) groups excluding carboxylic acids is 1. The molecule has 0 aromatic heterocycles. The summed E-state index contributed by atoms with van der Waals surface area (Å²) >= 11 is 2.31. The lowest BCUT2D eigenvalue weighted by atomic mass is 10.2. The Labute approximate surface area is 100 Å². The van der Waals surface area contributed by atoms with Crippen LogP contribution in [0.1, 0.15) is 34.1 Å². The van der Waals surface area contributed by atoms with E-state index in [1.54, 1.807) is 4.90 Å². The van der Waals surface area contributed by atoms with Gasteiger partial charge in [0.2, 0.25) is 0 Å². The minimum absolute atomic E-state index is 0.204. The van der Waals surface area contributed by atoms with E-state index in [1.165, 1.54) is 0 Å². The number of amides is 1. The van der Waals surface area contributed by atoms with E-state index in [-0.39, 0.29) is 6.09 Å². The third-order valence-corrected chi connectivity index (χ3v) is 2.36. The van der Waals surface area contributed by atoms with E-state index in [2.05, 4.69) is 22.6 Å². The lowest BCUT2D eigenvalue weighted by molar-refractivity contribution is 0.0261. The topological polar surface area (TPSA) is 29.5 Å². The maximum atomic E-state index is 11.6. The first-order chi connectivity index (χ1) is 6.40. The van der Waals surface area contributed by atoms with E-state index in [4.69, 9.17) is 4.74 Å². The Morgan fingerprint density at radius 2 is 2.00 bits per heavy atom. The van der Waals surface area contributed by atoms with Gasteiger partial charge in [-0.05, 0) is 34.1 Å². The van der Waals surface area contributed by atoms with Gasteiger partial charge in [-0.25, -0.2) is 4.79 Å². The second kappa shape index (κ2) is 6.48. The number of halogens is 1. The maximum Gasteiger partial charge on any atom is 0.410 e. The Morgan fingerprint density at radius 1 is 1.43 bits per heavy atom. The highest BCUT2D eigenvalue weighted by Crippen LogP contribution is 2.10. The number of carbonyl (C=O) groups is 1. The van der Waals surface area contributed by atoms with Crippen LogP contribution in [0.3, 0.4) is 0 Å². The molecular formula is C10H20INO2. The van der Waals surface area contributed by atoms with Crippen molar-refractivity contribution in [2.45, 2.75) is 39.7 Å². The third kappa shape index (κ3) is 6.45. The van der Waals surface area contributed by atoms with Gasteiger partial charge >= 0.3 is 6.09 Å². The van der Waals surface area contributed by atoms with Gasteiger partial charge in [0, 0.05) is 17.5 Å². The summed E-state index contributed by atoms with van der Waals surface area (Å²) in [4.78, 5) is 13.3. The third-order valence-electron chi connectivity index (χ3n) is 1.60.